The number of rotatable bonds is 8. The first-order valence-electron chi connectivity index (χ1n) is 8.63. The molecule has 23 heavy (non-hydrogen) atoms. The second kappa shape index (κ2) is 9.11. The lowest BCUT2D eigenvalue weighted by atomic mass is 10.2. The topological polar surface area (TPSA) is 45.2 Å². The molecule has 2 aliphatic rings. The van der Waals surface area contributed by atoms with E-state index in [9.17, 15) is 5.11 Å². The van der Waals surface area contributed by atoms with Crippen molar-refractivity contribution in [1.82, 2.24) is 9.80 Å². The van der Waals surface area contributed by atoms with E-state index in [1.807, 2.05) is 6.07 Å². The van der Waals surface area contributed by atoms with Gasteiger partial charge in [0.25, 0.3) is 0 Å². The van der Waals surface area contributed by atoms with Gasteiger partial charge >= 0.3 is 0 Å². The molecule has 2 saturated heterocycles. The highest BCUT2D eigenvalue weighted by Crippen LogP contribution is 2.19. The zero-order chi connectivity index (χ0) is 15.9. The largest absolute Gasteiger partial charge is 0.389 e. The number of β-amino-alcohol motifs (C(OH)–C–C–N with tert-alkyl or cyclic N) is 1. The molecule has 0 saturated carbocycles. The lowest BCUT2D eigenvalue weighted by Crippen LogP contribution is -2.47. The van der Waals surface area contributed by atoms with Crippen molar-refractivity contribution in [3.8, 4) is 0 Å². The van der Waals surface area contributed by atoms with Gasteiger partial charge in [-0.05, 0) is 30.8 Å². The summed E-state index contributed by atoms with van der Waals surface area (Å²) in [5.41, 5.74) is 0. The minimum Gasteiger partial charge on any atom is -0.389 e. The van der Waals surface area contributed by atoms with Crippen molar-refractivity contribution < 1.29 is 14.6 Å². The molecule has 3 rings (SSSR count). The predicted octanol–water partition coefficient (Wildman–Crippen LogP) is 1.42. The van der Waals surface area contributed by atoms with E-state index in [-0.39, 0.29) is 0 Å². The molecule has 0 radical (unpaired) electrons. The van der Waals surface area contributed by atoms with Crippen LogP contribution in [0.25, 0.3) is 0 Å². The first kappa shape index (κ1) is 17.3. The summed E-state index contributed by atoms with van der Waals surface area (Å²) in [5, 5.41) is 12.3. The number of aliphatic hydroxyl groups excluding tert-OH is 1. The third-order valence-corrected chi connectivity index (χ3v) is 5.50. The fraction of sp³-hybridized carbons (Fsp3) is 0.765. The van der Waals surface area contributed by atoms with Gasteiger partial charge in [0.15, 0.2) is 0 Å². The lowest BCUT2D eigenvalue weighted by molar-refractivity contribution is -0.00132. The van der Waals surface area contributed by atoms with Crippen molar-refractivity contribution in [1.29, 1.82) is 0 Å². The molecule has 2 aliphatic heterocycles. The van der Waals surface area contributed by atoms with Gasteiger partial charge in [-0.25, -0.2) is 0 Å². The van der Waals surface area contributed by atoms with E-state index in [0.717, 1.165) is 45.9 Å². The third kappa shape index (κ3) is 5.52. The zero-order valence-electron chi connectivity index (χ0n) is 13.7. The van der Waals surface area contributed by atoms with E-state index in [1.54, 1.807) is 11.3 Å². The fourth-order valence-electron chi connectivity index (χ4n) is 3.44. The monoisotopic (exact) mass is 340 g/mol. The first-order valence-corrected chi connectivity index (χ1v) is 9.51. The SMILES string of the molecule is OC(COCc1cccs1)CN1CCCC1CN1CCOCC1. The molecule has 5 nitrogen and oxygen atoms in total. The van der Waals surface area contributed by atoms with Gasteiger partial charge in [-0.2, -0.15) is 0 Å². The molecule has 0 bridgehead atoms. The predicted molar refractivity (Wildman–Crippen MR) is 91.8 cm³/mol. The van der Waals surface area contributed by atoms with Crippen molar-refractivity contribution in [3.05, 3.63) is 22.4 Å². The third-order valence-electron chi connectivity index (χ3n) is 4.65. The van der Waals surface area contributed by atoms with E-state index in [1.165, 1.54) is 17.7 Å². The highest BCUT2D eigenvalue weighted by Gasteiger charge is 2.28. The second-order valence-electron chi connectivity index (χ2n) is 6.45. The van der Waals surface area contributed by atoms with Crippen LogP contribution in [0.2, 0.25) is 0 Å². The van der Waals surface area contributed by atoms with Gasteiger partial charge in [-0.1, -0.05) is 6.07 Å². The Bertz CT molecular complexity index is 437. The van der Waals surface area contributed by atoms with E-state index < -0.39 is 6.10 Å². The minimum atomic E-state index is -0.403. The number of ether oxygens (including phenoxy) is 2. The molecule has 1 aromatic heterocycles. The molecule has 1 aromatic rings. The molecule has 1 N–H and O–H groups in total. The Morgan fingerprint density at radius 1 is 1.35 bits per heavy atom. The fourth-order valence-corrected chi connectivity index (χ4v) is 4.08. The Balaban J connectivity index is 1.37. The molecule has 2 fully saturated rings. The molecule has 0 spiro atoms. The first-order chi connectivity index (χ1) is 11.3. The maximum atomic E-state index is 10.3. The maximum absolute atomic E-state index is 10.3. The number of hydrogen-bond acceptors (Lipinski definition) is 6. The summed E-state index contributed by atoms with van der Waals surface area (Å²) in [4.78, 5) is 6.14. The van der Waals surface area contributed by atoms with E-state index in [4.69, 9.17) is 9.47 Å². The molecule has 6 heteroatoms. The molecular formula is C17H28N2O3S. The van der Waals surface area contributed by atoms with Gasteiger partial charge in [-0.15, -0.1) is 11.3 Å². The van der Waals surface area contributed by atoms with Crippen LogP contribution >= 0.6 is 11.3 Å². The number of likely N-dealkylation sites (tertiary alicyclic amines) is 1. The number of aliphatic hydroxyl groups is 1. The summed E-state index contributed by atoms with van der Waals surface area (Å²) in [6, 6.07) is 4.66. The summed E-state index contributed by atoms with van der Waals surface area (Å²) in [5.74, 6) is 0. The minimum absolute atomic E-state index is 0.403. The summed E-state index contributed by atoms with van der Waals surface area (Å²) in [6.45, 7) is 7.72. The smallest absolute Gasteiger partial charge is 0.0900 e. The van der Waals surface area contributed by atoms with Crippen LogP contribution in [0.3, 0.4) is 0 Å². The van der Waals surface area contributed by atoms with Gasteiger partial charge in [0, 0.05) is 37.1 Å². The van der Waals surface area contributed by atoms with Crippen LogP contribution in [0.5, 0.6) is 0 Å². The van der Waals surface area contributed by atoms with E-state index >= 15 is 0 Å². The standard InChI is InChI=1S/C17H28N2O3S/c20-16(13-22-14-17-4-2-10-23-17)12-19-5-1-3-15(19)11-18-6-8-21-9-7-18/h2,4,10,15-16,20H,1,3,5-9,11-14H2. The van der Waals surface area contributed by atoms with Crippen LogP contribution in [-0.2, 0) is 16.1 Å². The van der Waals surface area contributed by atoms with Crippen LogP contribution in [0.15, 0.2) is 17.5 Å². The van der Waals surface area contributed by atoms with Gasteiger partial charge in [0.1, 0.15) is 0 Å². The number of morpholine rings is 1. The molecule has 3 heterocycles. The summed E-state index contributed by atoms with van der Waals surface area (Å²) in [7, 11) is 0. The van der Waals surface area contributed by atoms with Crippen molar-refractivity contribution in [2.75, 3.05) is 52.5 Å². The Morgan fingerprint density at radius 2 is 2.22 bits per heavy atom. The van der Waals surface area contributed by atoms with Crippen LogP contribution in [0.1, 0.15) is 17.7 Å². The van der Waals surface area contributed by atoms with Crippen LogP contribution in [0, 0.1) is 0 Å². The van der Waals surface area contributed by atoms with Crippen molar-refractivity contribution >= 4 is 11.3 Å². The average molecular weight is 340 g/mol. The van der Waals surface area contributed by atoms with E-state index in [2.05, 4.69) is 21.2 Å². The number of thiophene rings is 1. The number of nitrogens with zero attached hydrogens (tertiary/aromatic N) is 2. The Kier molecular flexibility index (Phi) is 6.86. The highest BCUT2D eigenvalue weighted by atomic mass is 32.1. The molecule has 2 unspecified atom stereocenters. The molecule has 2 atom stereocenters. The summed E-state index contributed by atoms with van der Waals surface area (Å²) >= 11 is 1.69. The van der Waals surface area contributed by atoms with Crippen LogP contribution in [0.4, 0.5) is 0 Å². The van der Waals surface area contributed by atoms with Crippen LogP contribution < -0.4 is 0 Å². The van der Waals surface area contributed by atoms with Crippen LogP contribution in [-0.4, -0.2) is 79.6 Å². The summed E-state index contributed by atoms with van der Waals surface area (Å²) in [6.07, 6.45) is 2.07. The normalized spacial score (nSPS) is 25.0. The second-order valence-corrected chi connectivity index (χ2v) is 7.48. The van der Waals surface area contributed by atoms with Gasteiger partial charge in [0.05, 0.1) is 32.5 Å². The lowest BCUT2D eigenvalue weighted by Gasteiger charge is -2.33. The quantitative estimate of drug-likeness (QED) is 0.775. The average Bonchev–Trinajstić information content (AvgIpc) is 3.21. The Labute approximate surface area is 142 Å². The van der Waals surface area contributed by atoms with E-state index in [0.29, 0.717) is 19.3 Å². The molecule has 0 aromatic carbocycles. The molecule has 0 aliphatic carbocycles. The molecular weight excluding hydrogens is 312 g/mol. The van der Waals surface area contributed by atoms with Crippen molar-refractivity contribution in [2.45, 2.75) is 31.6 Å². The maximum Gasteiger partial charge on any atom is 0.0900 e. The van der Waals surface area contributed by atoms with Gasteiger partial charge in [-0.3, -0.25) is 9.80 Å². The highest BCUT2D eigenvalue weighted by molar-refractivity contribution is 7.09. The van der Waals surface area contributed by atoms with Crippen molar-refractivity contribution in [2.24, 2.45) is 0 Å². The van der Waals surface area contributed by atoms with Crippen molar-refractivity contribution in [3.63, 3.8) is 0 Å². The zero-order valence-corrected chi connectivity index (χ0v) is 14.5. The Hall–Kier alpha value is -0.500. The molecule has 130 valence electrons. The Morgan fingerprint density at radius 3 is 3.00 bits per heavy atom. The van der Waals surface area contributed by atoms with Gasteiger partial charge < -0.3 is 14.6 Å². The summed E-state index contributed by atoms with van der Waals surface area (Å²) < 4.78 is 11.1. The molecule has 0 amide bonds. The number of hydrogen-bond donors (Lipinski definition) is 1. The van der Waals surface area contributed by atoms with Gasteiger partial charge in [0.2, 0.25) is 0 Å².